The Morgan fingerprint density at radius 2 is 1.78 bits per heavy atom. The van der Waals surface area contributed by atoms with Gasteiger partial charge in [-0.3, -0.25) is 0 Å². The molecule has 0 fully saturated rings. The standard InChI is InChI=1S/C12H5Cl3N2O/c13-8-4-10(15)11(5-9(8)14)18-12-3-7(6-16)1-2-17-12/h1-5H. The van der Waals surface area contributed by atoms with Crippen molar-refractivity contribution in [3.05, 3.63) is 51.1 Å². The topological polar surface area (TPSA) is 45.9 Å². The lowest BCUT2D eigenvalue weighted by molar-refractivity contribution is 0.463. The molecule has 2 rings (SSSR count). The van der Waals surface area contributed by atoms with Gasteiger partial charge in [-0.1, -0.05) is 34.8 Å². The molecule has 0 N–H and O–H groups in total. The Morgan fingerprint density at radius 1 is 1.06 bits per heavy atom. The summed E-state index contributed by atoms with van der Waals surface area (Å²) >= 11 is 17.6. The first-order valence-electron chi connectivity index (χ1n) is 4.78. The van der Waals surface area contributed by atoms with Gasteiger partial charge in [-0.2, -0.15) is 5.26 Å². The van der Waals surface area contributed by atoms with Crippen LogP contribution in [0.5, 0.6) is 11.6 Å². The van der Waals surface area contributed by atoms with Gasteiger partial charge in [0.15, 0.2) is 0 Å². The number of pyridine rings is 1. The van der Waals surface area contributed by atoms with Gasteiger partial charge in [0.25, 0.3) is 0 Å². The van der Waals surface area contributed by atoms with Crippen molar-refractivity contribution in [1.29, 1.82) is 5.26 Å². The fourth-order valence-corrected chi connectivity index (χ4v) is 1.81. The third-order valence-electron chi connectivity index (χ3n) is 2.05. The van der Waals surface area contributed by atoms with Crippen LogP contribution in [0.4, 0.5) is 0 Å². The van der Waals surface area contributed by atoms with Gasteiger partial charge in [0, 0.05) is 18.3 Å². The number of halogens is 3. The van der Waals surface area contributed by atoms with E-state index >= 15 is 0 Å². The second-order valence-corrected chi connectivity index (χ2v) is 4.51. The van der Waals surface area contributed by atoms with Crippen LogP contribution in [0.1, 0.15) is 5.56 Å². The smallest absolute Gasteiger partial charge is 0.220 e. The maximum absolute atomic E-state index is 8.77. The van der Waals surface area contributed by atoms with Crippen LogP contribution >= 0.6 is 34.8 Å². The van der Waals surface area contributed by atoms with Gasteiger partial charge in [0.05, 0.1) is 26.7 Å². The zero-order valence-electron chi connectivity index (χ0n) is 8.82. The summed E-state index contributed by atoms with van der Waals surface area (Å²) in [6, 6.07) is 8.03. The third-order valence-corrected chi connectivity index (χ3v) is 3.07. The Balaban J connectivity index is 2.34. The molecule has 1 aromatic heterocycles. The number of ether oxygens (including phenoxy) is 1. The van der Waals surface area contributed by atoms with Crippen molar-refractivity contribution < 1.29 is 4.74 Å². The Kier molecular flexibility index (Phi) is 3.93. The van der Waals surface area contributed by atoms with E-state index in [0.717, 1.165) is 0 Å². The lowest BCUT2D eigenvalue weighted by Crippen LogP contribution is -1.89. The summed E-state index contributed by atoms with van der Waals surface area (Å²) in [4.78, 5) is 3.97. The minimum absolute atomic E-state index is 0.259. The van der Waals surface area contributed by atoms with Gasteiger partial charge in [-0.15, -0.1) is 0 Å². The SMILES string of the molecule is N#Cc1ccnc(Oc2cc(Cl)c(Cl)cc2Cl)c1. The molecule has 0 aliphatic carbocycles. The van der Waals surface area contributed by atoms with Crippen LogP contribution in [-0.4, -0.2) is 4.98 Å². The maximum Gasteiger partial charge on any atom is 0.220 e. The molecule has 0 unspecified atom stereocenters. The van der Waals surface area contributed by atoms with Crippen molar-refractivity contribution in [3.63, 3.8) is 0 Å². The Morgan fingerprint density at radius 3 is 2.50 bits per heavy atom. The van der Waals surface area contributed by atoms with Crippen LogP contribution in [0.25, 0.3) is 0 Å². The van der Waals surface area contributed by atoms with E-state index in [4.69, 9.17) is 44.8 Å². The molecule has 0 spiro atoms. The van der Waals surface area contributed by atoms with Crippen molar-refractivity contribution in [2.75, 3.05) is 0 Å². The van der Waals surface area contributed by atoms with Crippen molar-refractivity contribution in [2.45, 2.75) is 0 Å². The second kappa shape index (κ2) is 5.45. The van der Waals surface area contributed by atoms with E-state index in [1.165, 1.54) is 24.4 Å². The third kappa shape index (κ3) is 2.85. The average Bonchev–Trinajstić information content (AvgIpc) is 2.36. The van der Waals surface area contributed by atoms with Crippen molar-refractivity contribution >= 4 is 34.8 Å². The number of nitriles is 1. The largest absolute Gasteiger partial charge is 0.437 e. The first-order valence-corrected chi connectivity index (χ1v) is 5.92. The molecule has 18 heavy (non-hydrogen) atoms. The van der Waals surface area contributed by atoms with E-state index in [1.54, 1.807) is 6.07 Å². The van der Waals surface area contributed by atoms with Crippen LogP contribution in [0.3, 0.4) is 0 Å². The number of rotatable bonds is 2. The highest BCUT2D eigenvalue weighted by atomic mass is 35.5. The minimum Gasteiger partial charge on any atom is -0.437 e. The molecule has 0 aliphatic heterocycles. The van der Waals surface area contributed by atoms with E-state index < -0.39 is 0 Å². The summed E-state index contributed by atoms with van der Waals surface area (Å²) in [5.74, 6) is 0.586. The zero-order chi connectivity index (χ0) is 13.1. The summed E-state index contributed by atoms with van der Waals surface area (Å²) in [5, 5.41) is 9.75. The summed E-state index contributed by atoms with van der Waals surface area (Å²) in [7, 11) is 0. The Bertz CT molecular complexity index is 638. The molecule has 1 heterocycles. The summed E-state index contributed by atoms with van der Waals surface area (Å²) in [5.41, 5.74) is 0.441. The lowest BCUT2D eigenvalue weighted by atomic mass is 10.3. The lowest BCUT2D eigenvalue weighted by Gasteiger charge is -2.08. The molecule has 0 saturated heterocycles. The molecule has 6 heteroatoms. The fraction of sp³-hybridized carbons (Fsp3) is 0. The quantitative estimate of drug-likeness (QED) is 0.755. The van der Waals surface area contributed by atoms with Gasteiger partial charge in [-0.05, 0) is 12.1 Å². The van der Waals surface area contributed by atoms with E-state index in [-0.39, 0.29) is 5.88 Å². The van der Waals surface area contributed by atoms with E-state index in [9.17, 15) is 0 Å². The highest BCUT2D eigenvalue weighted by molar-refractivity contribution is 6.43. The van der Waals surface area contributed by atoms with Gasteiger partial charge in [0.2, 0.25) is 5.88 Å². The summed E-state index contributed by atoms with van der Waals surface area (Å²) in [6.45, 7) is 0. The van der Waals surface area contributed by atoms with E-state index in [0.29, 0.717) is 26.4 Å². The van der Waals surface area contributed by atoms with Crippen molar-refractivity contribution in [2.24, 2.45) is 0 Å². The van der Waals surface area contributed by atoms with Crippen LogP contribution in [0.2, 0.25) is 15.1 Å². The van der Waals surface area contributed by atoms with E-state index in [1.807, 2.05) is 6.07 Å². The highest BCUT2D eigenvalue weighted by Gasteiger charge is 2.09. The molecular weight excluding hydrogens is 295 g/mol. The molecular formula is C12H5Cl3N2O. The molecule has 0 amide bonds. The zero-order valence-corrected chi connectivity index (χ0v) is 11.1. The normalized spacial score (nSPS) is 9.89. The predicted octanol–water partition coefficient (Wildman–Crippen LogP) is 4.71. The number of benzene rings is 1. The molecule has 2 aromatic rings. The molecule has 0 bridgehead atoms. The molecule has 3 nitrogen and oxygen atoms in total. The number of hydrogen-bond acceptors (Lipinski definition) is 3. The molecule has 0 radical (unpaired) electrons. The molecule has 1 aromatic carbocycles. The van der Waals surface area contributed by atoms with Crippen LogP contribution < -0.4 is 4.74 Å². The van der Waals surface area contributed by atoms with Crippen molar-refractivity contribution in [3.8, 4) is 17.7 Å². The van der Waals surface area contributed by atoms with E-state index in [2.05, 4.69) is 4.98 Å². The first kappa shape index (κ1) is 13.0. The first-order chi connectivity index (χ1) is 8.60. The van der Waals surface area contributed by atoms with Gasteiger partial charge >= 0.3 is 0 Å². The number of aromatic nitrogens is 1. The Hall–Kier alpha value is -1.47. The van der Waals surface area contributed by atoms with Crippen LogP contribution in [0.15, 0.2) is 30.5 Å². The van der Waals surface area contributed by atoms with Gasteiger partial charge < -0.3 is 4.74 Å². The minimum atomic E-state index is 0.259. The Labute approximate surface area is 118 Å². The molecule has 0 saturated carbocycles. The van der Waals surface area contributed by atoms with Crippen LogP contribution in [0, 0.1) is 11.3 Å². The number of hydrogen-bond donors (Lipinski definition) is 0. The molecule has 90 valence electrons. The molecule has 0 atom stereocenters. The summed E-state index contributed by atoms with van der Waals surface area (Å²) < 4.78 is 5.45. The monoisotopic (exact) mass is 298 g/mol. The highest BCUT2D eigenvalue weighted by Crippen LogP contribution is 2.35. The van der Waals surface area contributed by atoms with Gasteiger partial charge in [-0.25, -0.2) is 4.98 Å². The maximum atomic E-state index is 8.77. The second-order valence-electron chi connectivity index (χ2n) is 3.29. The average molecular weight is 300 g/mol. The van der Waals surface area contributed by atoms with Crippen LogP contribution in [-0.2, 0) is 0 Å². The molecule has 0 aliphatic rings. The van der Waals surface area contributed by atoms with Gasteiger partial charge in [0.1, 0.15) is 5.75 Å². The fourth-order valence-electron chi connectivity index (χ4n) is 1.23. The number of nitrogens with zero attached hydrogens (tertiary/aromatic N) is 2. The van der Waals surface area contributed by atoms with Crippen molar-refractivity contribution in [1.82, 2.24) is 4.98 Å². The summed E-state index contributed by atoms with van der Waals surface area (Å²) in [6.07, 6.45) is 1.47. The predicted molar refractivity (Wildman–Crippen MR) is 70.5 cm³/mol.